The van der Waals surface area contributed by atoms with Crippen molar-refractivity contribution in [2.45, 2.75) is 6.92 Å². The van der Waals surface area contributed by atoms with E-state index in [0.29, 0.717) is 5.56 Å². The molecule has 0 spiro atoms. The van der Waals surface area contributed by atoms with Crippen LogP contribution >= 0.6 is 11.3 Å². The average molecular weight is 730 g/mol. The van der Waals surface area contributed by atoms with Crippen LogP contribution in [0.25, 0.3) is 103 Å². The number of nitrogens with zero attached hydrogens (tertiary/aromatic N) is 1. The molecule has 10 aromatic rings. The minimum absolute atomic E-state index is 0.661. The van der Waals surface area contributed by atoms with E-state index < -0.39 is 0 Å². The van der Waals surface area contributed by atoms with Crippen molar-refractivity contribution < 1.29 is 0 Å². The van der Waals surface area contributed by atoms with Crippen LogP contribution in [-0.2, 0) is 0 Å². The van der Waals surface area contributed by atoms with Gasteiger partial charge in [-0.25, -0.2) is 0 Å². The molecule has 0 amide bonds. The van der Waals surface area contributed by atoms with Crippen LogP contribution in [0.15, 0.2) is 183 Å². The lowest BCUT2D eigenvalue weighted by atomic mass is 9.82. The fourth-order valence-corrected chi connectivity index (χ4v) is 10.2. The van der Waals surface area contributed by atoms with Gasteiger partial charge in [0.1, 0.15) is 0 Å². The Hall–Kier alpha value is -7.05. The maximum absolute atomic E-state index is 10.2. The van der Waals surface area contributed by atoms with Crippen molar-refractivity contribution in [2.75, 3.05) is 0 Å². The summed E-state index contributed by atoms with van der Waals surface area (Å²) in [7, 11) is 0. The van der Waals surface area contributed by atoms with Gasteiger partial charge in [-0.15, -0.1) is 11.3 Å². The van der Waals surface area contributed by atoms with Crippen molar-refractivity contribution in [1.29, 1.82) is 5.26 Å². The minimum atomic E-state index is 0.661. The molecule has 0 aliphatic rings. The molecule has 0 aliphatic carbocycles. The molecular weight excluding hydrogens is 695 g/mol. The first-order chi connectivity index (χ1) is 27.7. The molecule has 1 nitrogen and oxygen atoms in total. The van der Waals surface area contributed by atoms with Gasteiger partial charge in [-0.3, -0.25) is 0 Å². The van der Waals surface area contributed by atoms with Crippen LogP contribution in [-0.4, -0.2) is 0 Å². The van der Waals surface area contributed by atoms with E-state index in [0.717, 1.165) is 22.1 Å². The Balaban J connectivity index is 1.30. The molecule has 262 valence electrons. The molecular formula is C54H35NS. The van der Waals surface area contributed by atoms with E-state index in [1.54, 1.807) is 0 Å². The van der Waals surface area contributed by atoms with Gasteiger partial charge in [0.15, 0.2) is 0 Å². The summed E-state index contributed by atoms with van der Waals surface area (Å²) in [4.78, 5) is 0. The molecule has 10 rings (SSSR count). The lowest BCUT2D eigenvalue weighted by molar-refractivity contribution is 1.44. The zero-order valence-corrected chi connectivity index (χ0v) is 31.7. The molecule has 0 bridgehead atoms. The Morgan fingerprint density at radius 3 is 1.68 bits per heavy atom. The van der Waals surface area contributed by atoms with Crippen molar-refractivity contribution >= 4 is 69.9 Å². The van der Waals surface area contributed by atoms with Gasteiger partial charge < -0.3 is 0 Å². The Kier molecular flexibility index (Phi) is 8.18. The van der Waals surface area contributed by atoms with E-state index >= 15 is 0 Å². The second-order valence-electron chi connectivity index (χ2n) is 14.3. The third-order valence-electron chi connectivity index (χ3n) is 11.3. The molecule has 9 aromatic carbocycles. The number of rotatable bonds is 6. The Labute approximate surface area is 330 Å². The smallest absolute Gasteiger partial charge is 0.0998 e. The SMILES string of the molecule is C=C/C=C\c1c(C)c(-c2cccc3c2sc2cccc(-c4c5ccccc5c(-c5ccccc5)c5ccccc45)c23)c2ccccc2c1-c1ccccc1C#N. The van der Waals surface area contributed by atoms with Gasteiger partial charge in [0, 0.05) is 31.3 Å². The van der Waals surface area contributed by atoms with Crippen LogP contribution in [0.5, 0.6) is 0 Å². The van der Waals surface area contributed by atoms with Crippen molar-refractivity contribution in [3.05, 3.63) is 199 Å². The minimum Gasteiger partial charge on any atom is -0.192 e. The molecule has 0 aliphatic heterocycles. The molecule has 2 heteroatoms. The molecule has 1 aromatic heterocycles. The van der Waals surface area contributed by atoms with E-state index in [1.165, 1.54) is 86.0 Å². The van der Waals surface area contributed by atoms with Gasteiger partial charge in [-0.2, -0.15) is 5.26 Å². The quantitative estimate of drug-likeness (QED) is 0.123. The summed E-state index contributed by atoms with van der Waals surface area (Å²) >= 11 is 1.87. The summed E-state index contributed by atoms with van der Waals surface area (Å²) in [5, 5.41) is 20.1. The lowest BCUT2D eigenvalue weighted by Gasteiger charge is -2.21. The topological polar surface area (TPSA) is 23.8 Å². The molecule has 0 saturated carbocycles. The molecule has 0 fully saturated rings. The molecule has 0 unspecified atom stereocenters. The molecule has 1 heterocycles. The predicted octanol–water partition coefficient (Wildman–Crippen LogP) is 15.6. The first-order valence-corrected chi connectivity index (χ1v) is 19.8. The first-order valence-electron chi connectivity index (χ1n) is 19.0. The van der Waals surface area contributed by atoms with E-state index in [9.17, 15) is 5.26 Å². The third kappa shape index (κ3) is 5.13. The number of fused-ring (bicyclic) bond motifs is 6. The summed E-state index contributed by atoms with van der Waals surface area (Å²) < 4.78 is 2.53. The third-order valence-corrected chi connectivity index (χ3v) is 12.5. The fraction of sp³-hybridized carbons (Fsp3) is 0.0185. The van der Waals surface area contributed by atoms with Gasteiger partial charge >= 0.3 is 0 Å². The van der Waals surface area contributed by atoms with E-state index in [-0.39, 0.29) is 0 Å². The van der Waals surface area contributed by atoms with E-state index in [4.69, 9.17) is 0 Å². The molecule has 0 saturated heterocycles. The fourth-order valence-electron chi connectivity index (χ4n) is 8.98. The summed E-state index contributed by atoms with van der Waals surface area (Å²) in [5.74, 6) is 0. The van der Waals surface area contributed by atoms with Crippen LogP contribution in [0.1, 0.15) is 16.7 Å². The van der Waals surface area contributed by atoms with Crippen LogP contribution in [0.4, 0.5) is 0 Å². The van der Waals surface area contributed by atoms with Crippen LogP contribution in [0.3, 0.4) is 0 Å². The second kappa shape index (κ2) is 13.7. The highest BCUT2D eigenvalue weighted by Crippen LogP contribution is 2.51. The van der Waals surface area contributed by atoms with Crippen LogP contribution in [0, 0.1) is 18.3 Å². The molecule has 0 radical (unpaired) electrons. The summed E-state index contributed by atoms with van der Waals surface area (Å²) in [6.45, 7) is 6.23. The molecule has 56 heavy (non-hydrogen) atoms. The highest BCUT2D eigenvalue weighted by molar-refractivity contribution is 7.26. The maximum atomic E-state index is 10.2. The van der Waals surface area contributed by atoms with Crippen molar-refractivity contribution in [1.82, 2.24) is 0 Å². The summed E-state index contributed by atoms with van der Waals surface area (Å²) in [5.41, 5.74) is 12.4. The second-order valence-corrected chi connectivity index (χ2v) is 15.3. The van der Waals surface area contributed by atoms with Crippen molar-refractivity contribution in [2.24, 2.45) is 0 Å². The number of thiophene rings is 1. The standard InChI is InChI=1S/C54H35NS/c1-3-4-21-37-34(2)49(39-23-10-13-26-42(39)51(37)38-22-9-8-20-36(38)33-55)46-30-16-31-47-53-45(29-17-32-48(53)56-54(46)47)52-43-27-14-11-24-40(43)50(35-18-6-5-7-19-35)41-25-12-15-28-44(41)52/h3-32H,1H2,2H3/b21-4-. The lowest BCUT2D eigenvalue weighted by Crippen LogP contribution is -1.97. The van der Waals surface area contributed by atoms with E-state index in [1.807, 2.05) is 41.7 Å². The van der Waals surface area contributed by atoms with E-state index in [2.05, 4.69) is 171 Å². The Morgan fingerprint density at radius 1 is 0.500 bits per heavy atom. The largest absolute Gasteiger partial charge is 0.192 e. The number of hydrogen-bond acceptors (Lipinski definition) is 2. The first kappa shape index (κ1) is 33.5. The number of nitriles is 1. The highest BCUT2D eigenvalue weighted by Gasteiger charge is 2.24. The monoisotopic (exact) mass is 729 g/mol. The normalized spacial score (nSPS) is 11.6. The van der Waals surface area contributed by atoms with Crippen molar-refractivity contribution in [3.8, 4) is 50.6 Å². The van der Waals surface area contributed by atoms with Crippen LogP contribution in [0.2, 0.25) is 0 Å². The summed E-state index contributed by atoms with van der Waals surface area (Å²) in [6.07, 6.45) is 5.98. The van der Waals surface area contributed by atoms with Crippen LogP contribution < -0.4 is 0 Å². The highest BCUT2D eigenvalue weighted by atomic mass is 32.1. The van der Waals surface area contributed by atoms with Crippen molar-refractivity contribution in [3.63, 3.8) is 0 Å². The predicted molar refractivity (Wildman–Crippen MR) is 242 cm³/mol. The van der Waals surface area contributed by atoms with Gasteiger partial charge in [0.05, 0.1) is 11.6 Å². The Bertz CT molecular complexity index is 3230. The zero-order chi connectivity index (χ0) is 37.8. The van der Waals surface area contributed by atoms with Gasteiger partial charge in [-0.05, 0) is 95.9 Å². The molecule has 0 atom stereocenters. The average Bonchev–Trinajstić information content (AvgIpc) is 3.65. The summed E-state index contributed by atoms with van der Waals surface area (Å²) in [6, 6.07) is 61.3. The number of benzene rings is 9. The number of hydrogen-bond donors (Lipinski definition) is 0. The molecule has 0 N–H and O–H groups in total. The number of allylic oxidation sites excluding steroid dienone is 2. The van der Waals surface area contributed by atoms with Gasteiger partial charge in [0.25, 0.3) is 0 Å². The maximum Gasteiger partial charge on any atom is 0.0998 e. The van der Waals surface area contributed by atoms with Gasteiger partial charge in [-0.1, -0.05) is 176 Å². The zero-order valence-electron chi connectivity index (χ0n) is 30.9. The van der Waals surface area contributed by atoms with Gasteiger partial charge in [0.2, 0.25) is 0 Å². The Morgan fingerprint density at radius 2 is 1.02 bits per heavy atom.